The number of methoxy groups -OCH3 is 1. The van der Waals surface area contributed by atoms with E-state index >= 15 is 0 Å². The van der Waals surface area contributed by atoms with Crippen molar-refractivity contribution in [3.05, 3.63) is 0 Å². The number of alkyl halides is 1. The Morgan fingerprint density at radius 1 is 1.64 bits per heavy atom. The summed E-state index contributed by atoms with van der Waals surface area (Å²) in [4.78, 5) is 2.05. The smallest absolute Gasteiger partial charge is 0.119 e. The number of ether oxygens (including phenoxy) is 1. The number of hydrogen-bond acceptors (Lipinski definition) is 2. The van der Waals surface area contributed by atoms with E-state index in [4.69, 9.17) is 4.74 Å². The highest BCUT2D eigenvalue weighted by atomic mass is 19.1. The molecule has 1 aliphatic heterocycles. The zero-order valence-electron chi connectivity index (χ0n) is 7.38. The first kappa shape index (κ1) is 8.94. The van der Waals surface area contributed by atoms with Crippen LogP contribution < -0.4 is 0 Å². The summed E-state index contributed by atoms with van der Waals surface area (Å²) in [5.74, 6) is 0. The van der Waals surface area contributed by atoms with Gasteiger partial charge in [0.15, 0.2) is 0 Å². The van der Waals surface area contributed by atoms with Gasteiger partial charge in [-0.25, -0.2) is 4.39 Å². The molecular weight excluding hydrogens is 145 g/mol. The number of likely N-dealkylation sites (N-methyl/N-ethyl adjacent to an activating group) is 1. The van der Waals surface area contributed by atoms with Gasteiger partial charge in [0.2, 0.25) is 0 Å². The third-order valence-corrected chi connectivity index (χ3v) is 2.54. The largest absolute Gasteiger partial charge is 0.383 e. The molecule has 3 atom stereocenters. The molecule has 11 heavy (non-hydrogen) atoms. The normalized spacial score (nSPS) is 39.8. The average Bonchev–Trinajstić information content (AvgIpc) is 2.17. The summed E-state index contributed by atoms with van der Waals surface area (Å²) in [6.07, 6.45) is -0.0696. The van der Waals surface area contributed by atoms with E-state index in [-0.39, 0.29) is 6.04 Å². The Balaban J connectivity index is 2.49. The number of hydrogen-bond donors (Lipinski definition) is 0. The number of rotatable bonds is 2. The Kier molecular flexibility index (Phi) is 2.84. The van der Waals surface area contributed by atoms with Gasteiger partial charge in [-0.3, -0.25) is 4.90 Å². The van der Waals surface area contributed by atoms with Gasteiger partial charge in [0, 0.05) is 13.2 Å². The number of nitrogens with zero attached hydrogens (tertiary/aromatic N) is 1. The van der Waals surface area contributed by atoms with E-state index in [1.54, 1.807) is 7.11 Å². The Labute approximate surface area is 67.3 Å². The lowest BCUT2D eigenvalue weighted by Crippen LogP contribution is -2.36. The highest BCUT2D eigenvalue weighted by Crippen LogP contribution is 2.24. The highest BCUT2D eigenvalue weighted by Gasteiger charge is 2.36. The van der Waals surface area contributed by atoms with Crippen molar-refractivity contribution in [2.45, 2.75) is 31.6 Å². The zero-order valence-corrected chi connectivity index (χ0v) is 7.38. The van der Waals surface area contributed by atoms with Gasteiger partial charge in [0.05, 0.1) is 12.6 Å². The van der Waals surface area contributed by atoms with Crippen molar-refractivity contribution in [1.29, 1.82) is 0 Å². The first-order valence-corrected chi connectivity index (χ1v) is 4.01. The summed E-state index contributed by atoms with van der Waals surface area (Å²) in [7, 11) is 3.57. The van der Waals surface area contributed by atoms with Crippen molar-refractivity contribution in [2.24, 2.45) is 0 Å². The third-order valence-electron chi connectivity index (χ3n) is 2.54. The molecule has 0 radical (unpaired) electrons. The van der Waals surface area contributed by atoms with E-state index in [2.05, 4.69) is 0 Å². The molecule has 0 aliphatic carbocycles. The molecule has 0 spiro atoms. The molecule has 0 unspecified atom stereocenters. The van der Waals surface area contributed by atoms with Crippen molar-refractivity contribution < 1.29 is 9.13 Å². The summed E-state index contributed by atoms with van der Waals surface area (Å²) < 4.78 is 18.1. The van der Waals surface area contributed by atoms with Crippen LogP contribution in [0.15, 0.2) is 0 Å². The van der Waals surface area contributed by atoms with E-state index in [1.165, 1.54) is 0 Å². The lowest BCUT2D eigenvalue weighted by atomic mass is 10.2. The lowest BCUT2D eigenvalue weighted by Gasteiger charge is -2.22. The molecule has 1 rings (SSSR count). The Bertz CT molecular complexity index is 131. The van der Waals surface area contributed by atoms with Crippen molar-refractivity contribution in [3.8, 4) is 0 Å². The molecule has 1 heterocycles. The maximum absolute atomic E-state index is 13.2. The minimum atomic E-state index is -0.713. The van der Waals surface area contributed by atoms with E-state index in [9.17, 15) is 4.39 Å². The van der Waals surface area contributed by atoms with E-state index in [1.807, 2.05) is 18.9 Å². The van der Waals surface area contributed by atoms with Crippen LogP contribution in [0.5, 0.6) is 0 Å². The quantitative estimate of drug-likeness (QED) is 0.600. The molecule has 0 N–H and O–H groups in total. The van der Waals surface area contributed by atoms with Crippen LogP contribution in [-0.4, -0.2) is 43.9 Å². The minimum Gasteiger partial charge on any atom is -0.383 e. The lowest BCUT2D eigenvalue weighted by molar-refractivity contribution is 0.0896. The van der Waals surface area contributed by atoms with Crippen LogP contribution in [0.3, 0.4) is 0 Å². The predicted octanol–water partition coefficient (Wildman–Crippen LogP) is 1.06. The Morgan fingerprint density at radius 3 is 2.64 bits per heavy atom. The van der Waals surface area contributed by atoms with Crippen LogP contribution in [0.4, 0.5) is 4.39 Å². The molecule has 1 fully saturated rings. The molecule has 2 nitrogen and oxygen atoms in total. The number of halogens is 1. The molecule has 3 heteroatoms. The fourth-order valence-corrected chi connectivity index (χ4v) is 1.62. The summed E-state index contributed by atoms with van der Waals surface area (Å²) in [5, 5.41) is 0. The number of likely N-dealkylation sites (tertiary alicyclic amines) is 1. The zero-order chi connectivity index (χ0) is 8.43. The first-order valence-electron chi connectivity index (χ1n) is 4.01. The van der Waals surface area contributed by atoms with E-state index in [0.717, 1.165) is 0 Å². The topological polar surface area (TPSA) is 12.5 Å². The minimum absolute atomic E-state index is 0.0324. The fourth-order valence-electron chi connectivity index (χ4n) is 1.62. The molecule has 0 amide bonds. The average molecular weight is 161 g/mol. The van der Waals surface area contributed by atoms with Gasteiger partial charge >= 0.3 is 0 Å². The maximum Gasteiger partial charge on any atom is 0.119 e. The molecule has 0 saturated carbocycles. The summed E-state index contributed by atoms with van der Waals surface area (Å²) in [5.41, 5.74) is 0. The van der Waals surface area contributed by atoms with Gasteiger partial charge in [-0.1, -0.05) is 0 Å². The predicted molar refractivity (Wildman–Crippen MR) is 42.4 cm³/mol. The van der Waals surface area contributed by atoms with Crippen LogP contribution in [0.1, 0.15) is 13.3 Å². The van der Waals surface area contributed by atoms with Gasteiger partial charge < -0.3 is 4.74 Å². The molecule has 0 aromatic carbocycles. The van der Waals surface area contributed by atoms with Crippen LogP contribution in [0.25, 0.3) is 0 Å². The summed E-state index contributed by atoms with van der Waals surface area (Å²) in [6, 6.07) is 0.320. The second kappa shape index (κ2) is 3.50. The first-order chi connectivity index (χ1) is 5.16. The molecule has 0 aromatic heterocycles. The maximum atomic E-state index is 13.2. The van der Waals surface area contributed by atoms with E-state index < -0.39 is 6.17 Å². The monoisotopic (exact) mass is 161 g/mol. The van der Waals surface area contributed by atoms with Crippen molar-refractivity contribution >= 4 is 0 Å². The van der Waals surface area contributed by atoms with Gasteiger partial charge in [-0.05, 0) is 20.4 Å². The molecule has 0 aromatic rings. The molecule has 0 bridgehead atoms. The SMILES string of the molecule is COC[C@@H]1[C@@H](F)C[C@@H](C)N1C. The van der Waals surface area contributed by atoms with Crippen molar-refractivity contribution in [2.75, 3.05) is 20.8 Å². The van der Waals surface area contributed by atoms with Crippen LogP contribution >= 0.6 is 0 Å². The molecule has 1 saturated heterocycles. The van der Waals surface area contributed by atoms with Gasteiger partial charge in [-0.2, -0.15) is 0 Å². The summed E-state index contributed by atoms with van der Waals surface area (Å²) >= 11 is 0. The second-order valence-corrected chi connectivity index (χ2v) is 3.29. The van der Waals surface area contributed by atoms with Crippen LogP contribution in [0.2, 0.25) is 0 Å². The molecule has 1 aliphatic rings. The van der Waals surface area contributed by atoms with E-state index in [0.29, 0.717) is 19.1 Å². The van der Waals surface area contributed by atoms with Gasteiger partial charge in [-0.15, -0.1) is 0 Å². The molecular formula is C8H16FNO. The summed E-state index contributed by atoms with van der Waals surface area (Å²) in [6.45, 7) is 2.55. The van der Waals surface area contributed by atoms with Crippen LogP contribution in [0, 0.1) is 0 Å². The Hall–Kier alpha value is -0.150. The van der Waals surface area contributed by atoms with Crippen molar-refractivity contribution in [1.82, 2.24) is 4.90 Å². The highest BCUT2D eigenvalue weighted by molar-refractivity contribution is 4.90. The van der Waals surface area contributed by atoms with Gasteiger partial charge in [0.25, 0.3) is 0 Å². The van der Waals surface area contributed by atoms with Gasteiger partial charge in [0.1, 0.15) is 6.17 Å². The molecule has 66 valence electrons. The Morgan fingerprint density at radius 2 is 2.27 bits per heavy atom. The third kappa shape index (κ3) is 1.71. The van der Waals surface area contributed by atoms with Crippen molar-refractivity contribution in [3.63, 3.8) is 0 Å². The fraction of sp³-hybridized carbons (Fsp3) is 1.00. The second-order valence-electron chi connectivity index (χ2n) is 3.29. The standard InChI is InChI=1S/C8H16FNO/c1-6-4-7(9)8(5-11-3)10(6)2/h6-8H,4-5H2,1-3H3/t6-,7+,8-/m1/s1. The van der Waals surface area contributed by atoms with Crippen LogP contribution in [-0.2, 0) is 4.74 Å².